The van der Waals surface area contributed by atoms with Gasteiger partial charge in [0.15, 0.2) is 0 Å². The number of benzene rings is 2. The predicted octanol–water partition coefficient (Wildman–Crippen LogP) is 5.57. The molecule has 1 aliphatic rings. The number of halogens is 1. The third-order valence-electron chi connectivity index (χ3n) is 6.34. The molecule has 2 heterocycles. The second kappa shape index (κ2) is 11.0. The van der Waals surface area contributed by atoms with Crippen LogP contribution in [0.4, 0.5) is 0 Å². The van der Waals surface area contributed by atoms with E-state index in [9.17, 15) is 14.7 Å². The first-order valence-corrected chi connectivity index (χ1v) is 12.5. The van der Waals surface area contributed by atoms with Crippen LogP contribution in [0.15, 0.2) is 66.8 Å². The average Bonchev–Trinajstić information content (AvgIpc) is 3.47. The first kappa shape index (κ1) is 25.5. The number of aryl methyl sites for hydroxylation is 1. The van der Waals surface area contributed by atoms with Crippen molar-refractivity contribution in [2.45, 2.75) is 45.7 Å². The van der Waals surface area contributed by atoms with Gasteiger partial charge in [-0.3, -0.25) is 9.59 Å². The maximum absolute atomic E-state index is 13.3. The Kier molecular flexibility index (Phi) is 7.79. The lowest BCUT2D eigenvalue weighted by molar-refractivity contribution is -0.139. The van der Waals surface area contributed by atoms with Gasteiger partial charge in [0.1, 0.15) is 11.5 Å². The van der Waals surface area contributed by atoms with Crippen molar-refractivity contribution in [1.29, 1.82) is 0 Å². The van der Waals surface area contributed by atoms with Crippen LogP contribution in [0.1, 0.15) is 55.8 Å². The summed E-state index contributed by atoms with van der Waals surface area (Å²) in [6, 6.07) is 12.0. The molecule has 36 heavy (non-hydrogen) atoms. The molecule has 1 N–H and O–H groups in total. The van der Waals surface area contributed by atoms with Crippen LogP contribution in [-0.4, -0.2) is 44.4 Å². The summed E-state index contributed by atoms with van der Waals surface area (Å²) in [7, 11) is 0. The van der Waals surface area contributed by atoms with Crippen molar-refractivity contribution in [3.63, 3.8) is 0 Å². The number of ketones is 1. The number of ether oxygens (including phenoxy) is 1. The summed E-state index contributed by atoms with van der Waals surface area (Å²) in [4.78, 5) is 32.0. The van der Waals surface area contributed by atoms with E-state index in [1.807, 2.05) is 42.0 Å². The summed E-state index contributed by atoms with van der Waals surface area (Å²) in [6.45, 7) is 7.50. The lowest BCUT2D eigenvalue weighted by Crippen LogP contribution is -2.31. The Bertz CT molecular complexity index is 1270. The number of aromatic nitrogens is 2. The maximum atomic E-state index is 13.3. The third-order valence-corrected chi connectivity index (χ3v) is 6.63. The van der Waals surface area contributed by atoms with E-state index in [0.717, 1.165) is 11.1 Å². The molecule has 1 amide bonds. The standard InChI is InChI=1S/C28H30ClN3O4/c1-4-36-23-11-10-21(16-22(23)29)26(33)24-25(20-8-6-19(7-9-20)18(2)3)32(28(35)27(24)34)14-5-13-31-15-12-30-17-31/h6-12,15-18,25,33H,4-5,13-14H2,1-3H3. The topological polar surface area (TPSA) is 84.7 Å². The van der Waals surface area contributed by atoms with Crippen molar-refractivity contribution in [2.24, 2.45) is 0 Å². The Hall–Kier alpha value is -3.58. The predicted molar refractivity (Wildman–Crippen MR) is 139 cm³/mol. The van der Waals surface area contributed by atoms with Gasteiger partial charge in [-0.05, 0) is 48.6 Å². The van der Waals surface area contributed by atoms with Gasteiger partial charge < -0.3 is 19.3 Å². The summed E-state index contributed by atoms with van der Waals surface area (Å²) < 4.78 is 7.40. The summed E-state index contributed by atoms with van der Waals surface area (Å²) in [5.41, 5.74) is 2.32. The van der Waals surface area contributed by atoms with Gasteiger partial charge in [0.2, 0.25) is 0 Å². The number of carbonyl (C=O) groups excluding carboxylic acids is 2. The zero-order valence-electron chi connectivity index (χ0n) is 20.6. The van der Waals surface area contributed by atoms with E-state index in [0.29, 0.717) is 48.4 Å². The Morgan fingerprint density at radius 2 is 1.89 bits per heavy atom. The zero-order chi connectivity index (χ0) is 25.8. The molecule has 0 saturated carbocycles. The highest BCUT2D eigenvalue weighted by molar-refractivity contribution is 6.46. The van der Waals surface area contributed by atoms with Gasteiger partial charge in [-0.15, -0.1) is 0 Å². The fourth-order valence-corrected chi connectivity index (χ4v) is 4.67. The number of amides is 1. The molecule has 1 aromatic heterocycles. The van der Waals surface area contributed by atoms with Crippen LogP contribution in [-0.2, 0) is 16.1 Å². The van der Waals surface area contributed by atoms with Crippen molar-refractivity contribution in [3.05, 3.63) is 88.5 Å². The van der Waals surface area contributed by atoms with E-state index in [4.69, 9.17) is 16.3 Å². The van der Waals surface area contributed by atoms with E-state index >= 15 is 0 Å². The molecular formula is C28H30ClN3O4. The Balaban J connectivity index is 1.74. The van der Waals surface area contributed by atoms with Crippen LogP contribution in [0.5, 0.6) is 5.75 Å². The van der Waals surface area contributed by atoms with Crippen LogP contribution in [0.3, 0.4) is 0 Å². The zero-order valence-corrected chi connectivity index (χ0v) is 21.4. The van der Waals surface area contributed by atoms with E-state index in [2.05, 4.69) is 18.8 Å². The lowest BCUT2D eigenvalue weighted by atomic mass is 9.93. The van der Waals surface area contributed by atoms with Gasteiger partial charge in [0, 0.05) is 31.0 Å². The van der Waals surface area contributed by atoms with Crippen molar-refractivity contribution in [3.8, 4) is 5.75 Å². The molecule has 0 radical (unpaired) electrons. The minimum atomic E-state index is -0.710. The first-order valence-electron chi connectivity index (χ1n) is 12.1. The minimum absolute atomic E-state index is 0.0557. The molecule has 0 bridgehead atoms. The van der Waals surface area contributed by atoms with Crippen molar-refractivity contribution >= 4 is 29.1 Å². The highest BCUT2D eigenvalue weighted by atomic mass is 35.5. The molecule has 0 aliphatic carbocycles. The molecular weight excluding hydrogens is 478 g/mol. The van der Waals surface area contributed by atoms with Crippen molar-refractivity contribution in [2.75, 3.05) is 13.2 Å². The van der Waals surface area contributed by atoms with E-state index in [1.165, 1.54) is 0 Å². The number of Topliss-reactive ketones (excluding diaryl/α,β-unsaturated/α-hetero) is 1. The molecule has 1 aliphatic heterocycles. The molecule has 1 atom stereocenters. The van der Waals surface area contributed by atoms with Gasteiger partial charge >= 0.3 is 0 Å². The molecule has 4 rings (SSSR count). The van der Waals surface area contributed by atoms with Gasteiger partial charge in [0.25, 0.3) is 11.7 Å². The molecule has 1 unspecified atom stereocenters. The van der Waals surface area contributed by atoms with Crippen molar-refractivity contribution < 1.29 is 19.4 Å². The van der Waals surface area contributed by atoms with Gasteiger partial charge in [0.05, 0.1) is 29.6 Å². The number of aliphatic hydroxyl groups excluding tert-OH is 1. The van der Waals surface area contributed by atoms with Gasteiger partial charge in [-0.2, -0.15) is 0 Å². The average molecular weight is 508 g/mol. The summed E-state index contributed by atoms with van der Waals surface area (Å²) in [5, 5.41) is 11.6. The van der Waals surface area contributed by atoms with Gasteiger partial charge in [-0.1, -0.05) is 49.7 Å². The molecule has 8 heteroatoms. The molecule has 3 aromatic rings. The van der Waals surface area contributed by atoms with Crippen LogP contribution < -0.4 is 4.74 Å². The van der Waals surface area contributed by atoms with Crippen LogP contribution >= 0.6 is 11.6 Å². The number of hydrogen-bond donors (Lipinski definition) is 1. The molecule has 2 aromatic carbocycles. The van der Waals surface area contributed by atoms with Gasteiger partial charge in [-0.25, -0.2) is 4.98 Å². The fourth-order valence-electron chi connectivity index (χ4n) is 4.44. The second-order valence-corrected chi connectivity index (χ2v) is 9.45. The molecule has 0 spiro atoms. The van der Waals surface area contributed by atoms with E-state index in [-0.39, 0.29) is 11.3 Å². The number of likely N-dealkylation sites (tertiary alicyclic amines) is 1. The highest BCUT2D eigenvalue weighted by Crippen LogP contribution is 2.40. The smallest absolute Gasteiger partial charge is 0.295 e. The number of hydrogen-bond acceptors (Lipinski definition) is 5. The number of imidazole rings is 1. The molecule has 188 valence electrons. The lowest BCUT2D eigenvalue weighted by Gasteiger charge is -2.26. The quantitative estimate of drug-likeness (QED) is 0.232. The SMILES string of the molecule is CCOc1ccc(C(O)=C2C(=O)C(=O)N(CCCn3ccnc3)C2c2ccc(C(C)C)cc2)cc1Cl. The minimum Gasteiger partial charge on any atom is -0.507 e. The normalized spacial score (nSPS) is 17.2. The highest BCUT2D eigenvalue weighted by Gasteiger charge is 2.45. The second-order valence-electron chi connectivity index (χ2n) is 9.05. The largest absolute Gasteiger partial charge is 0.507 e. The van der Waals surface area contributed by atoms with Crippen LogP contribution in [0.25, 0.3) is 5.76 Å². The van der Waals surface area contributed by atoms with Crippen LogP contribution in [0, 0.1) is 0 Å². The number of carbonyl (C=O) groups is 2. The van der Waals surface area contributed by atoms with Crippen LogP contribution in [0.2, 0.25) is 5.02 Å². The van der Waals surface area contributed by atoms with Crippen molar-refractivity contribution in [1.82, 2.24) is 14.5 Å². The third kappa shape index (κ3) is 5.16. The number of aliphatic hydroxyl groups is 1. The number of rotatable bonds is 9. The maximum Gasteiger partial charge on any atom is 0.295 e. The summed E-state index contributed by atoms with van der Waals surface area (Å²) in [5.74, 6) is -0.772. The monoisotopic (exact) mass is 507 g/mol. The first-order chi connectivity index (χ1) is 17.3. The number of nitrogens with zero attached hydrogens (tertiary/aromatic N) is 3. The molecule has 7 nitrogen and oxygen atoms in total. The molecule has 1 fully saturated rings. The Morgan fingerprint density at radius 3 is 2.50 bits per heavy atom. The Morgan fingerprint density at radius 1 is 1.14 bits per heavy atom. The Labute approximate surface area is 216 Å². The summed E-state index contributed by atoms with van der Waals surface area (Å²) in [6.07, 6.45) is 5.89. The fraction of sp³-hybridized carbons (Fsp3) is 0.321. The van der Waals surface area contributed by atoms with E-state index in [1.54, 1.807) is 35.6 Å². The molecule has 1 saturated heterocycles. The van der Waals surface area contributed by atoms with E-state index < -0.39 is 17.7 Å². The summed E-state index contributed by atoms with van der Waals surface area (Å²) >= 11 is 6.34.